The van der Waals surface area contributed by atoms with Crippen molar-refractivity contribution < 1.29 is 14.3 Å². The van der Waals surface area contributed by atoms with Gasteiger partial charge >= 0.3 is 0 Å². The van der Waals surface area contributed by atoms with Gasteiger partial charge in [0.1, 0.15) is 6.61 Å². The number of ether oxygens (including phenoxy) is 2. The molecular formula is C20H16N4O4S. The number of nitrogens with one attached hydrogen (secondary N) is 2. The summed E-state index contributed by atoms with van der Waals surface area (Å²) in [4.78, 5) is 35.3. The number of benzene rings is 2. The first kappa shape index (κ1) is 18.6. The van der Waals surface area contributed by atoms with Gasteiger partial charge in [-0.15, -0.1) is 11.3 Å². The molecule has 0 aliphatic carbocycles. The fraction of sp³-hybridized carbons (Fsp3) is 0.100. The molecule has 29 heavy (non-hydrogen) atoms. The summed E-state index contributed by atoms with van der Waals surface area (Å²) in [5.74, 6) is 0.612. The number of amides is 1. The molecule has 4 rings (SSSR count). The van der Waals surface area contributed by atoms with E-state index in [0.717, 1.165) is 5.69 Å². The van der Waals surface area contributed by atoms with Crippen LogP contribution in [-0.4, -0.2) is 28.0 Å². The largest absolute Gasteiger partial charge is 0.493 e. The molecule has 2 aromatic heterocycles. The Morgan fingerprint density at radius 2 is 2.07 bits per heavy atom. The maximum absolute atomic E-state index is 12.6. The highest BCUT2D eigenvalue weighted by atomic mass is 32.1. The van der Waals surface area contributed by atoms with Gasteiger partial charge in [0, 0.05) is 16.6 Å². The molecule has 8 nitrogen and oxygen atoms in total. The molecule has 1 amide bonds. The van der Waals surface area contributed by atoms with Crippen molar-refractivity contribution in [2.45, 2.75) is 6.61 Å². The summed E-state index contributed by atoms with van der Waals surface area (Å²) in [6.07, 6.45) is 1.34. The fourth-order valence-electron chi connectivity index (χ4n) is 2.74. The van der Waals surface area contributed by atoms with Gasteiger partial charge in [0.25, 0.3) is 11.5 Å². The number of carbonyl (C=O) groups is 1. The summed E-state index contributed by atoms with van der Waals surface area (Å²) >= 11 is 1.49. The molecule has 146 valence electrons. The zero-order valence-electron chi connectivity index (χ0n) is 15.3. The van der Waals surface area contributed by atoms with Crippen LogP contribution in [0.15, 0.2) is 58.4 Å². The molecule has 0 fully saturated rings. The van der Waals surface area contributed by atoms with Gasteiger partial charge in [0.2, 0.25) is 0 Å². The second-order valence-corrected chi connectivity index (χ2v) is 6.77. The average Bonchev–Trinajstić information content (AvgIpc) is 3.26. The van der Waals surface area contributed by atoms with Crippen molar-refractivity contribution in [3.63, 3.8) is 0 Å². The summed E-state index contributed by atoms with van der Waals surface area (Å²) < 4.78 is 11.1. The van der Waals surface area contributed by atoms with E-state index >= 15 is 0 Å². The zero-order chi connectivity index (χ0) is 20.2. The van der Waals surface area contributed by atoms with E-state index in [-0.39, 0.29) is 11.5 Å². The highest BCUT2D eigenvalue weighted by Crippen LogP contribution is 2.29. The topological polar surface area (TPSA) is 106 Å². The predicted octanol–water partition coefficient (Wildman–Crippen LogP) is 3.22. The third kappa shape index (κ3) is 4.09. The lowest BCUT2D eigenvalue weighted by Gasteiger charge is -2.12. The van der Waals surface area contributed by atoms with Gasteiger partial charge in [-0.3, -0.25) is 9.59 Å². The molecule has 0 aliphatic rings. The number of aromatic amines is 1. The molecule has 4 aromatic rings. The number of aromatic nitrogens is 3. The first-order valence-corrected chi connectivity index (χ1v) is 9.55. The van der Waals surface area contributed by atoms with Crippen LogP contribution in [0.2, 0.25) is 0 Å². The number of rotatable bonds is 6. The van der Waals surface area contributed by atoms with E-state index in [1.54, 1.807) is 41.9 Å². The predicted molar refractivity (Wildman–Crippen MR) is 110 cm³/mol. The molecule has 2 heterocycles. The zero-order valence-corrected chi connectivity index (χ0v) is 16.2. The Labute approximate surface area is 169 Å². The lowest BCUT2D eigenvalue weighted by atomic mass is 10.1. The van der Waals surface area contributed by atoms with E-state index in [1.807, 2.05) is 5.38 Å². The summed E-state index contributed by atoms with van der Waals surface area (Å²) in [5, 5.41) is 5.08. The van der Waals surface area contributed by atoms with Crippen molar-refractivity contribution in [1.29, 1.82) is 0 Å². The Morgan fingerprint density at radius 3 is 2.86 bits per heavy atom. The third-order valence-electron chi connectivity index (χ3n) is 4.18. The summed E-state index contributed by atoms with van der Waals surface area (Å²) in [5.41, 5.74) is 3.72. The summed E-state index contributed by atoms with van der Waals surface area (Å²) in [7, 11) is 1.51. The van der Waals surface area contributed by atoms with Crippen LogP contribution in [0.3, 0.4) is 0 Å². The van der Waals surface area contributed by atoms with Gasteiger partial charge in [0.15, 0.2) is 11.5 Å². The molecule has 0 bridgehead atoms. The molecule has 2 N–H and O–H groups in total. The molecule has 0 unspecified atom stereocenters. The maximum Gasteiger partial charge on any atom is 0.258 e. The van der Waals surface area contributed by atoms with E-state index in [4.69, 9.17) is 9.47 Å². The Hall–Kier alpha value is -3.72. The van der Waals surface area contributed by atoms with Gasteiger partial charge in [0.05, 0.1) is 35.5 Å². The number of H-pyrrole nitrogens is 1. The second-order valence-electron chi connectivity index (χ2n) is 6.05. The average molecular weight is 408 g/mol. The standard InChI is InChI=1S/C20H16N4O4S/c1-27-18-6-12(2-5-17(18)28-8-14-9-29-11-23-14)19(25)24-13-3-4-16-15(7-13)20(26)22-10-21-16/h2-7,9-11H,8H2,1H3,(H,24,25)(H,21,22,26). The number of fused-ring (bicyclic) bond motifs is 1. The van der Waals surface area contributed by atoms with Gasteiger partial charge in [-0.05, 0) is 36.4 Å². The monoisotopic (exact) mass is 408 g/mol. The lowest BCUT2D eigenvalue weighted by molar-refractivity contribution is 0.102. The highest BCUT2D eigenvalue weighted by molar-refractivity contribution is 7.07. The van der Waals surface area contributed by atoms with Gasteiger partial charge < -0.3 is 19.8 Å². The first-order valence-electron chi connectivity index (χ1n) is 8.61. The van der Waals surface area contributed by atoms with Crippen LogP contribution in [0.5, 0.6) is 11.5 Å². The highest BCUT2D eigenvalue weighted by Gasteiger charge is 2.13. The van der Waals surface area contributed by atoms with Crippen molar-refractivity contribution >= 4 is 33.8 Å². The van der Waals surface area contributed by atoms with Gasteiger partial charge in [-0.1, -0.05) is 0 Å². The smallest absolute Gasteiger partial charge is 0.258 e. The number of hydrogen-bond donors (Lipinski definition) is 2. The molecule has 0 saturated carbocycles. The number of anilines is 1. The molecular weight excluding hydrogens is 392 g/mol. The van der Waals surface area contributed by atoms with E-state index in [2.05, 4.69) is 20.3 Å². The summed E-state index contributed by atoms with van der Waals surface area (Å²) in [6.45, 7) is 0.311. The maximum atomic E-state index is 12.6. The van der Waals surface area contributed by atoms with Crippen molar-refractivity contribution in [1.82, 2.24) is 15.0 Å². The SMILES string of the molecule is COc1cc(C(=O)Nc2ccc3nc[nH]c(=O)c3c2)ccc1OCc1cscn1. The van der Waals surface area contributed by atoms with Gasteiger partial charge in [-0.25, -0.2) is 9.97 Å². The number of nitrogens with zero attached hydrogens (tertiary/aromatic N) is 2. The van der Waals surface area contributed by atoms with E-state index < -0.39 is 0 Å². The molecule has 0 atom stereocenters. The van der Waals surface area contributed by atoms with Crippen LogP contribution in [0, 0.1) is 0 Å². The van der Waals surface area contributed by atoms with Crippen LogP contribution in [0.25, 0.3) is 10.9 Å². The molecule has 0 aliphatic heterocycles. The van der Waals surface area contributed by atoms with E-state index in [0.29, 0.717) is 40.3 Å². The van der Waals surface area contributed by atoms with E-state index in [1.165, 1.54) is 24.8 Å². The molecule has 0 spiro atoms. The van der Waals surface area contributed by atoms with Gasteiger partial charge in [-0.2, -0.15) is 0 Å². The summed E-state index contributed by atoms with van der Waals surface area (Å²) in [6, 6.07) is 9.87. The lowest BCUT2D eigenvalue weighted by Crippen LogP contribution is -2.13. The minimum Gasteiger partial charge on any atom is -0.493 e. The van der Waals surface area contributed by atoms with Crippen LogP contribution < -0.4 is 20.3 Å². The molecule has 9 heteroatoms. The Balaban J connectivity index is 1.52. The normalized spacial score (nSPS) is 10.7. The Morgan fingerprint density at radius 1 is 1.17 bits per heavy atom. The van der Waals surface area contributed by atoms with Crippen molar-refractivity contribution in [3.8, 4) is 11.5 Å². The van der Waals surface area contributed by atoms with E-state index in [9.17, 15) is 9.59 Å². The van der Waals surface area contributed by atoms with Crippen LogP contribution >= 0.6 is 11.3 Å². The number of thiazole rings is 1. The molecule has 0 saturated heterocycles. The van der Waals surface area contributed by atoms with Crippen LogP contribution in [-0.2, 0) is 6.61 Å². The van der Waals surface area contributed by atoms with Crippen molar-refractivity contribution in [3.05, 3.63) is 75.2 Å². The molecule has 0 radical (unpaired) electrons. The first-order chi connectivity index (χ1) is 14.1. The molecule has 2 aromatic carbocycles. The quantitative estimate of drug-likeness (QED) is 0.507. The van der Waals surface area contributed by atoms with Crippen molar-refractivity contribution in [2.24, 2.45) is 0 Å². The van der Waals surface area contributed by atoms with Crippen molar-refractivity contribution in [2.75, 3.05) is 12.4 Å². The van der Waals surface area contributed by atoms with Crippen LogP contribution in [0.1, 0.15) is 16.1 Å². The fourth-order valence-corrected chi connectivity index (χ4v) is 3.28. The Kier molecular flexibility index (Phi) is 5.21. The second kappa shape index (κ2) is 8.11. The third-order valence-corrected chi connectivity index (χ3v) is 4.82. The van der Waals surface area contributed by atoms with Crippen LogP contribution in [0.4, 0.5) is 5.69 Å². The minimum absolute atomic E-state index is 0.269. The Bertz CT molecular complexity index is 1220. The number of carbonyl (C=O) groups excluding carboxylic acids is 1. The minimum atomic E-state index is -0.339. The number of hydrogen-bond acceptors (Lipinski definition) is 7. The number of methoxy groups -OCH3 is 1.